The highest BCUT2D eigenvalue weighted by Gasteiger charge is 2.27. The number of hydrogen-bond donors (Lipinski definition) is 0. The summed E-state index contributed by atoms with van der Waals surface area (Å²) in [7, 11) is -0.516. The Labute approximate surface area is 164 Å². The minimum atomic E-state index is -3.66. The normalized spacial score (nSPS) is 11.8. The van der Waals surface area contributed by atoms with Gasteiger partial charge in [0.25, 0.3) is 0 Å². The summed E-state index contributed by atoms with van der Waals surface area (Å²) < 4.78 is 39.1. The fourth-order valence-corrected chi connectivity index (χ4v) is 5.16. The molecule has 0 aliphatic rings. The number of sulfonamides is 1. The zero-order chi connectivity index (χ0) is 19.3. The molecule has 142 valence electrons. The Hall–Kier alpha value is -1.57. The number of hydrogen-bond acceptors (Lipinski definition) is 4. The first-order valence-corrected chi connectivity index (χ1v) is 10.5. The maximum atomic E-state index is 13.2. The van der Waals surface area contributed by atoms with Gasteiger partial charge in [0.1, 0.15) is 11.5 Å². The van der Waals surface area contributed by atoms with Gasteiger partial charge in [-0.3, -0.25) is 0 Å². The molecule has 2 aromatic carbocycles. The molecule has 2 aromatic rings. The molecule has 0 amide bonds. The predicted octanol–water partition coefficient (Wildman–Crippen LogP) is 4.31. The number of ether oxygens (including phenoxy) is 2. The van der Waals surface area contributed by atoms with Gasteiger partial charge >= 0.3 is 0 Å². The van der Waals surface area contributed by atoms with Gasteiger partial charge in [-0.15, -0.1) is 0 Å². The molecule has 0 aromatic heterocycles. The summed E-state index contributed by atoms with van der Waals surface area (Å²) in [5.41, 5.74) is 0.803. The lowest BCUT2D eigenvalue weighted by Gasteiger charge is -2.25. The van der Waals surface area contributed by atoms with Crippen LogP contribution in [-0.4, -0.2) is 33.5 Å². The van der Waals surface area contributed by atoms with Crippen LogP contribution in [0.15, 0.2) is 51.8 Å². The molecule has 0 atom stereocenters. The van der Waals surface area contributed by atoms with Crippen LogP contribution in [0.3, 0.4) is 0 Å². The number of methoxy groups -OCH3 is 2. The van der Waals surface area contributed by atoms with E-state index in [2.05, 4.69) is 15.9 Å². The molecule has 7 heteroatoms. The molecule has 0 spiro atoms. The number of nitrogens with zero attached hydrogens (tertiary/aromatic N) is 1. The van der Waals surface area contributed by atoms with E-state index in [0.29, 0.717) is 22.5 Å². The van der Waals surface area contributed by atoms with Gasteiger partial charge in [0, 0.05) is 23.6 Å². The zero-order valence-electron chi connectivity index (χ0n) is 15.4. The van der Waals surface area contributed by atoms with Crippen molar-refractivity contribution < 1.29 is 17.9 Å². The largest absolute Gasteiger partial charge is 0.497 e. The van der Waals surface area contributed by atoms with Crippen molar-refractivity contribution in [2.45, 2.75) is 25.3 Å². The quantitative estimate of drug-likeness (QED) is 0.612. The first-order valence-electron chi connectivity index (χ1n) is 8.24. The molecular weight excluding hydrogens is 418 g/mol. The van der Waals surface area contributed by atoms with Crippen LogP contribution in [0.1, 0.15) is 19.4 Å². The molecule has 0 radical (unpaired) electrons. The van der Waals surface area contributed by atoms with E-state index < -0.39 is 10.0 Å². The van der Waals surface area contributed by atoms with Gasteiger partial charge in [-0.2, -0.15) is 4.31 Å². The summed E-state index contributed by atoms with van der Waals surface area (Å²) >= 11 is 3.35. The standard InChI is InChI=1S/C19H24BrNO4S/c1-14(2)12-21(26(22,23)19-8-6-5-7-18(19)20)13-15-9-16(24-3)11-17(10-15)25-4/h5-11,14H,12-13H2,1-4H3. The van der Waals surface area contributed by atoms with Gasteiger partial charge in [-0.05, 0) is 51.7 Å². The van der Waals surface area contributed by atoms with Crippen LogP contribution in [0.25, 0.3) is 0 Å². The Kier molecular flexibility index (Phi) is 7.08. The molecule has 26 heavy (non-hydrogen) atoms. The average molecular weight is 442 g/mol. The van der Waals surface area contributed by atoms with E-state index in [0.717, 1.165) is 5.56 Å². The highest BCUT2D eigenvalue weighted by Crippen LogP contribution is 2.29. The molecular formula is C19H24BrNO4S. The summed E-state index contributed by atoms with van der Waals surface area (Å²) in [5.74, 6) is 1.43. The van der Waals surface area contributed by atoms with Crippen molar-refractivity contribution in [3.8, 4) is 11.5 Å². The van der Waals surface area contributed by atoms with Crippen LogP contribution in [0.5, 0.6) is 11.5 Å². The monoisotopic (exact) mass is 441 g/mol. The molecule has 0 aliphatic carbocycles. The Morgan fingerprint density at radius 1 is 1.04 bits per heavy atom. The molecule has 0 saturated carbocycles. The fourth-order valence-electron chi connectivity index (χ4n) is 2.61. The molecule has 0 bridgehead atoms. The van der Waals surface area contributed by atoms with E-state index in [4.69, 9.17) is 9.47 Å². The smallest absolute Gasteiger partial charge is 0.244 e. The van der Waals surface area contributed by atoms with Gasteiger partial charge in [0.15, 0.2) is 0 Å². The summed E-state index contributed by atoms with van der Waals surface area (Å²) in [6, 6.07) is 12.3. The second-order valence-corrected chi connectivity index (χ2v) is 9.10. The van der Waals surface area contributed by atoms with Gasteiger partial charge < -0.3 is 9.47 Å². The highest BCUT2D eigenvalue weighted by molar-refractivity contribution is 9.10. The maximum Gasteiger partial charge on any atom is 0.244 e. The Morgan fingerprint density at radius 2 is 1.62 bits per heavy atom. The van der Waals surface area contributed by atoms with Crippen molar-refractivity contribution in [2.24, 2.45) is 5.92 Å². The first kappa shape index (κ1) is 20.7. The van der Waals surface area contributed by atoms with E-state index >= 15 is 0 Å². The van der Waals surface area contributed by atoms with Crippen LogP contribution in [0.4, 0.5) is 0 Å². The lowest BCUT2D eigenvalue weighted by molar-refractivity contribution is 0.357. The number of rotatable bonds is 8. The van der Waals surface area contributed by atoms with Crippen molar-refractivity contribution in [3.05, 3.63) is 52.5 Å². The number of benzene rings is 2. The topological polar surface area (TPSA) is 55.8 Å². The highest BCUT2D eigenvalue weighted by atomic mass is 79.9. The lowest BCUT2D eigenvalue weighted by Crippen LogP contribution is -2.34. The van der Waals surface area contributed by atoms with Gasteiger partial charge in [-0.25, -0.2) is 8.42 Å². The van der Waals surface area contributed by atoms with Crippen molar-refractivity contribution in [3.63, 3.8) is 0 Å². The van der Waals surface area contributed by atoms with Crippen LogP contribution in [0.2, 0.25) is 0 Å². The fraction of sp³-hybridized carbons (Fsp3) is 0.368. The third-order valence-corrected chi connectivity index (χ3v) is 6.62. The van der Waals surface area contributed by atoms with Gasteiger partial charge in [-0.1, -0.05) is 26.0 Å². The van der Waals surface area contributed by atoms with E-state index in [1.54, 1.807) is 44.6 Å². The van der Waals surface area contributed by atoms with Gasteiger partial charge in [0.05, 0.1) is 19.1 Å². The molecule has 0 N–H and O–H groups in total. The summed E-state index contributed by atoms with van der Waals surface area (Å²) in [6.45, 7) is 4.63. The maximum absolute atomic E-state index is 13.2. The molecule has 0 heterocycles. The molecule has 0 saturated heterocycles. The molecule has 5 nitrogen and oxygen atoms in total. The minimum absolute atomic E-state index is 0.180. The molecule has 0 aliphatic heterocycles. The van der Waals surface area contributed by atoms with E-state index in [1.807, 2.05) is 26.0 Å². The van der Waals surface area contributed by atoms with E-state index in [-0.39, 0.29) is 17.4 Å². The summed E-state index contributed by atoms with van der Waals surface area (Å²) in [5, 5.41) is 0. The molecule has 0 fully saturated rings. The van der Waals surface area contributed by atoms with Crippen molar-refractivity contribution in [1.29, 1.82) is 0 Å². The second kappa shape index (κ2) is 8.88. The lowest BCUT2D eigenvalue weighted by atomic mass is 10.2. The Morgan fingerprint density at radius 3 is 2.12 bits per heavy atom. The number of halogens is 1. The predicted molar refractivity (Wildman–Crippen MR) is 106 cm³/mol. The Balaban J connectivity index is 2.44. The van der Waals surface area contributed by atoms with Gasteiger partial charge in [0.2, 0.25) is 10.0 Å². The Bertz CT molecular complexity index is 830. The minimum Gasteiger partial charge on any atom is -0.497 e. The van der Waals surface area contributed by atoms with Crippen LogP contribution < -0.4 is 9.47 Å². The van der Waals surface area contributed by atoms with Crippen molar-refractivity contribution in [2.75, 3.05) is 20.8 Å². The second-order valence-electron chi connectivity index (χ2n) is 6.34. The SMILES string of the molecule is COc1cc(CN(CC(C)C)S(=O)(=O)c2ccccc2Br)cc(OC)c1. The summed E-state index contributed by atoms with van der Waals surface area (Å²) in [4.78, 5) is 0.260. The third-order valence-electron chi connectivity index (χ3n) is 3.79. The van der Waals surface area contributed by atoms with Crippen LogP contribution >= 0.6 is 15.9 Å². The van der Waals surface area contributed by atoms with Crippen LogP contribution in [-0.2, 0) is 16.6 Å². The van der Waals surface area contributed by atoms with E-state index in [1.165, 1.54) is 4.31 Å². The zero-order valence-corrected chi connectivity index (χ0v) is 17.8. The third kappa shape index (κ3) is 4.99. The van der Waals surface area contributed by atoms with Crippen molar-refractivity contribution in [1.82, 2.24) is 4.31 Å². The van der Waals surface area contributed by atoms with Crippen molar-refractivity contribution >= 4 is 26.0 Å². The van der Waals surface area contributed by atoms with E-state index in [9.17, 15) is 8.42 Å². The molecule has 0 unspecified atom stereocenters. The summed E-state index contributed by atoms with van der Waals surface area (Å²) in [6.07, 6.45) is 0. The average Bonchev–Trinajstić information content (AvgIpc) is 2.60. The molecule has 2 rings (SSSR count). The van der Waals surface area contributed by atoms with Crippen LogP contribution in [0, 0.1) is 5.92 Å². The first-order chi connectivity index (χ1) is 12.3.